The Morgan fingerprint density at radius 2 is 0.857 bits per heavy atom. The number of benzene rings is 5. The summed E-state index contributed by atoms with van der Waals surface area (Å²) in [6.45, 7) is 2.67. The SMILES string of the molecule is CCCCCCCCCCCCN1C(=O)c2ccc3c4ccc5c6c(ccc(c7ccc(c2c37)C1=O)c64)C(=O)NC5=O. The predicted octanol–water partition coefficient (Wildman–Crippen LogP) is 8.14. The number of hydrogen-bond donors (Lipinski definition) is 1. The molecule has 0 spiro atoms. The van der Waals surface area contributed by atoms with Gasteiger partial charge in [-0.15, -0.1) is 0 Å². The molecule has 0 saturated carbocycles. The Hall–Kier alpha value is -4.32. The zero-order valence-corrected chi connectivity index (χ0v) is 24.0. The van der Waals surface area contributed by atoms with E-state index in [9.17, 15) is 19.2 Å². The van der Waals surface area contributed by atoms with Crippen LogP contribution >= 0.6 is 0 Å². The van der Waals surface area contributed by atoms with Gasteiger partial charge in [0.2, 0.25) is 0 Å². The van der Waals surface area contributed by atoms with Gasteiger partial charge in [0, 0.05) is 39.6 Å². The number of amides is 4. The number of carbonyl (C=O) groups is 4. The first kappa shape index (κ1) is 26.6. The quantitative estimate of drug-likeness (QED) is 0.0768. The van der Waals surface area contributed by atoms with Crippen molar-refractivity contribution in [3.05, 3.63) is 70.8 Å². The van der Waals surface area contributed by atoms with Gasteiger partial charge in [-0.3, -0.25) is 29.4 Å². The number of nitrogens with zero attached hydrogens (tertiary/aromatic N) is 1. The molecule has 0 bridgehead atoms. The van der Waals surface area contributed by atoms with Crippen molar-refractivity contribution in [3.8, 4) is 0 Å². The van der Waals surface area contributed by atoms with Crippen molar-refractivity contribution in [1.29, 1.82) is 0 Å². The first-order valence-electron chi connectivity index (χ1n) is 15.4. The summed E-state index contributed by atoms with van der Waals surface area (Å²) in [5.41, 5.74) is 2.07. The molecule has 6 nitrogen and oxygen atoms in total. The van der Waals surface area contributed by atoms with Gasteiger partial charge in [0.15, 0.2) is 0 Å². The van der Waals surface area contributed by atoms with Crippen LogP contribution in [0.3, 0.4) is 0 Å². The van der Waals surface area contributed by atoms with Crippen LogP contribution in [-0.2, 0) is 0 Å². The van der Waals surface area contributed by atoms with E-state index in [0.717, 1.165) is 51.6 Å². The van der Waals surface area contributed by atoms with E-state index in [1.807, 2.05) is 36.4 Å². The lowest BCUT2D eigenvalue weighted by Crippen LogP contribution is -2.40. The van der Waals surface area contributed by atoms with Gasteiger partial charge < -0.3 is 0 Å². The third-order valence-corrected chi connectivity index (χ3v) is 9.30. The lowest BCUT2D eigenvalue weighted by atomic mass is 9.82. The Kier molecular flexibility index (Phi) is 6.64. The lowest BCUT2D eigenvalue weighted by Gasteiger charge is -2.29. The molecular weight excluding hydrogens is 524 g/mol. The fraction of sp³-hybridized carbons (Fsp3) is 0.333. The summed E-state index contributed by atoms with van der Waals surface area (Å²) in [4.78, 5) is 54.1. The Bertz CT molecular complexity index is 1820. The molecule has 0 aliphatic carbocycles. The topological polar surface area (TPSA) is 83.6 Å². The normalized spacial score (nSPS) is 14.7. The molecule has 0 aromatic heterocycles. The van der Waals surface area contributed by atoms with Gasteiger partial charge >= 0.3 is 0 Å². The molecule has 2 aliphatic rings. The van der Waals surface area contributed by atoms with Crippen molar-refractivity contribution in [2.45, 2.75) is 71.1 Å². The van der Waals surface area contributed by atoms with E-state index in [0.29, 0.717) is 39.6 Å². The highest BCUT2D eigenvalue weighted by atomic mass is 16.2. The van der Waals surface area contributed by atoms with Gasteiger partial charge in [-0.05, 0) is 63.0 Å². The molecule has 42 heavy (non-hydrogen) atoms. The maximum absolute atomic E-state index is 13.7. The molecule has 0 unspecified atom stereocenters. The Balaban J connectivity index is 1.21. The molecule has 4 amide bonds. The third-order valence-electron chi connectivity index (χ3n) is 9.30. The highest BCUT2D eigenvalue weighted by molar-refractivity contribution is 6.41. The van der Waals surface area contributed by atoms with E-state index in [1.165, 1.54) is 49.8 Å². The summed E-state index contributed by atoms with van der Waals surface area (Å²) in [6.07, 6.45) is 12.0. The maximum atomic E-state index is 13.7. The van der Waals surface area contributed by atoms with Crippen molar-refractivity contribution >= 4 is 66.7 Å². The van der Waals surface area contributed by atoms with E-state index >= 15 is 0 Å². The van der Waals surface area contributed by atoms with Gasteiger partial charge in [-0.2, -0.15) is 0 Å². The van der Waals surface area contributed by atoms with Gasteiger partial charge in [0.25, 0.3) is 23.6 Å². The monoisotopic (exact) mass is 558 g/mol. The largest absolute Gasteiger partial charge is 0.288 e. The van der Waals surface area contributed by atoms with Crippen LogP contribution < -0.4 is 5.32 Å². The van der Waals surface area contributed by atoms with Crippen molar-refractivity contribution in [1.82, 2.24) is 10.2 Å². The second-order valence-corrected chi connectivity index (χ2v) is 11.9. The highest BCUT2D eigenvalue weighted by Gasteiger charge is 2.34. The van der Waals surface area contributed by atoms with E-state index in [-0.39, 0.29) is 11.8 Å². The molecule has 6 heteroatoms. The van der Waals surface area contributed by atoms with Crippen LogP contribution in [0.15, 0.2) is 48.5 Å². The zero-order chi connectivity index (χ0) is 29.0. The Morgan fingerprint density at radius 3 is 1.31 bits per heavy atom. The predicted molar refractivity (Wildman–Crippen MR) is 167 cm³/mol. The average molecular weight is 559 g/mol. The summed E-state index contributed by atoms with van der Waals surface area (Å²) in [5.74, 6) is -1.26. The smallest absolute Gasteiger partial charge is 0.261 e. The molecular formula is C36H34N2O4. The number of hydrogen-bond acceptors (Lipinski definition) is 4. The lowest BCUT2D eigenvalue weighted by molar-refractivity contribution is 0.0606. The molecule has 2 heterocycles. The Labute approximate surface area is 244 Å². The fourth-order valence-electron chi connectivity index (χ4n) is 7.20. The molecule has 5 aromatic carbocycles. The van der Waals surface area contributed by atoms with Crippen molar-refractivity contribution in [2.24, 2.45) is 0 Å². The van der Waals surface area contributed by atoms with E-state index in [1.54, 1.807) is 12.1 Å². The summed E-state index contributed by atoms with van der Waals surface area (Å²) in [6, 6.07) is 14.9. The van der Waals surface area contributed by atoms with E-state index in [2.05, 4.69) is 12.2 Å². The second kappa shape index (κ2) is 10.5. The molecule has 0 radical (unpaired) electrons. The summed E-state index contributed by atoms with van der Waals surface area (Å²) in [7, 11) is 0. The number of rotatable bonds is 11. The maximum Gasteiger partial charge on any atom is 0.261 e. The molecule has 2 aliphatic heterocycles. The van der Waals surface area contributed by atoms with Crippen LogP contribution in [0.4, 0.5) is 0 Å². The third kappa shape index (κ3) is 3.99. The van der Waals surface area contributed by atoms with Crippen molar-refractivity contribution in [3.63, 3.8) is 0 Å². The zero-order valence-electron chi connectivity index (χ0n) is 24.0. The van der Waals surface area contributed by atoms with Crippen LogP contribution in [0.25, 0.3) is 43.1 Å². The molecule has 7 rings (SSSR count). The minimum Gasteiger partial charge on any atom is -0.288 e. The number of carbonyl (C=O) groups excluding carboxylic acids is 4. The molecule has 0 saturated heterocycles. The summed E-state index contributed by atoms with van der Waals surface area (Å²) < 4.78 is 0. The number of unbranched alkanes of at least 4 members (excludes halogenated alkanes) is 9. The Morgan fingerprint density at radius 1 is 0.476 bits per heavy atom. The molecule has 1 N–H and O–H groups in total. The molecule has 5 aromatic rings. The highest BCUT2D eigenvalue weighted by Crippen LogP contribution is 2.45. The first-order chi connectivity index (χ1) is 20.5. The van der Waals surface area contributed by atoms with Crippen LogP contribution in [0.2, 0.25) is 0 Å². The van der Waals surface area contributed by atoms with Crippen LogP contribution in [0, 0.1) is 0 Å². The van der Waals surface area contributed by atoms with Crippen LogP contribution in [0.5, 0.6) is 0 Å². The minimum absolute atomic E-state index is 0.231. The second-order valence-electron chi connectivity index (χ2n) is 11.9. The van der Waals surface area contributed by atoms with E-state index < -0.39 is 11.8 Å². The minimum atomic E-state index is -0.397. The average Bonchev–Trinajstić information content (AvgIpc) is 3.00. The van der Waals surface area contributed by atoms with E-state index in [4.69, 9.17) is 0 Å². The summed E-state index contributed by atoms with van der Waals surface area (Å²) >= 11 is 0. The van der Waals surface area contributed by atoms with Gasteiger partial charge in [-0.1, -0.05) is 89.0 Å². The molecule has 0 fully saturated rings. The van der Waals surface area contributed by atoms with Gasteiger partial charge in [0.1, 0.15) is 0 Å². The van der Waals surface area contributed by atoms with Crippen molar-refractivity contribution in [2.75, 3.05) is 6.54 Å². The number of imide groups is 2. The summed E-state index contributed by atoms with van der Waals surface area (Å²) in [5, 5.41) is 9.15. The number of nitrogens with one attached hydrogen (secondary N) is 1. The van der Waals surface area contributed by atoms with Gasteiger partial charge in [0.05, 0.1) is 0 Å². The fourth-order valence-corrected chi connectivity index (χ4v) is 7.20. The van der Waals surface area contributed by atoms with Gasteiger partial charge in [-0.25, -0.2) is 0 Å². The first-order valence-corrected chi connectivity index (χ1v) is 15.4. The van der Waals surface area contributed by atoms with Crippen LogP contribution in [-0.4, -0.2) is 35.1 Å². The number of fused-ring (bicyclic) bond motifs is 2. The molecule has 0 atom stereocenters. The molecule has 212 valence electrons. The standard InChI is InChI=1S/C36H34N2O4/c1-2-3-4-5-6-7-8-9-10-11-20-38-35(41)27-18-14-23-21-12-16-25-31-26(34(40)37-33(25)39)17-13-22(29(21)31)24-15-19-28(36(38)42)32(27)30(23)24/h12-19H,2-11,20H2,1H3,(H,37,39,40). The van der Waals surface area contributed by atoms with Crippen LogP contribution in [0.1, 0.15) is 113 Å². The van der Waals surface area contributed by atoms with Crippen molar-refractivity contribution < 1.29 is 19.2 Å².